The van der Waals surface area contributed by atoms with Gasteiger partial charge in [0.05, 0.1) is 16.9 Å². The van der Waals surface area contributed by atoms with Crippen LogP contribution in [0, 0.1) is 0 Å². The number of nitrogens with one attached hydrogen (secondary N) is 1. The maximum atomic E-state index is 11.6. The zero-order valence-corrected chi connectivity index (χ0v) is 8.10. The van der Waals surface area contributed by atoms with Crippen molar-refractivity contribution in [3.05, 3.63) is 53.1 Å². The van der Waals surface area contributed by atoms with Gasteiger partial charge < -0.3 is 10.7 Å². The van der Waals surface area contributed by atoms with Gasteiger partial charge in [0.15, 0.2) is 0 Å². The van der Waals surface area contributed by atoms with Gasteiger partial charge in [0, 0.05) is 0 Å². The van der Waals surface area contributed by atoms with Gasteiger partial charge in [-0.1, -0.05) is 18.2 Å². The van der Waals surface area contributed by atoms with Gasteiger partial charge in [-0.2, -0.15) is 0 Å². The van der Waals surface area contributed by atoms with E-state index in [1.807, 2.05) is 6.07 Å². The number of nitrogens with zero attached hydrogens (tertiary/aromatic N) is 1. The van der Waals surface area contributed by atoms with Crippen LogP contribution in [-0.4, -0.2) is 9.97 Å². The molecule has 0 aliphatic rings. The second-order valence-corrected chi connectivity index (χ2v) is 3.23. The minimum Gasteiger partial charge on any atom is -0.318 e. The van der Waals surface area contributed by atoms with E-state index in [4.69, 9.17) is 5.73 Å². The molecule has 1 atom stereocenters. The highest BCUT2D eigenvalue weighted by molar-refractivity contribution is 5.77. The molecule has 1 unspecified atom stereocenters. The third kappa shape index (κ3) is 1.67. The number of hydrogen-bond donors (Lipinski definition) is 2. The third-order valence-electron chi connectivity index (χ3n) is 2.20. The Morgan fingerprint density at radius 2 is 2.20 bits per heavy atom. The summed E-state index contributed by atoms with van der Waals surface area (Å²) in [6, 6.07) is 6.70. The number of nitrogens with two attached hydrogens (primary N) is 1. The monoisotopic (exact) mass is 201 g/mol. The molecule has 0 saturated heterocycles. The number of fused-ring (bicyclic) bond motifs is 1. The average molecular weight is 201 g/mol. The van der Waals surface area contributed by atoms with Crippen molar-refractivity contribution in [1.29, 1.82) is 0 Å². The van der Waals surface area contributed by atoms with Gasteiger partial charge in [0.2, 0.25) is 0 Å². The summed E-state index contributed by atoms with van der Waals surface area (Å²) in [6.45, 7) is 3.56. The second kappa shape index (κ2) is 3.67. The van der Waals surface area contributed by atoms with Gasteiger partial charge in [0.1, 0.15) is 5.82 Å². The highest BCUT2D eigenvalue weighted by Crippen LogP contribution is 2.09. The van der Waals surface area contributed by atoms with Crippen molar-refractivity contribution in [2.24, 2.45) is 5.73 Å². The molecule has 2 aromatic rings. The largest absolute Gasteiger partial charge is 0.318 e. The van der Waals surface area contributed by atoms with Crippen LogP contribution in [0.25, 0.3) is 10.9 Å². The van der Waals surface area contributed by atoms with Crippen LogP contribution in [0.1, 0.15) is 11.9 Å². The summed E-state index contributed by atoms with van der Waals surface area (Å²) >= 11 is 0. The summed E-state index contributed by atoms with van der Waals surface area (Å²) in [6.07, 6.45) is 1.53. The Balaban J connectivity index is 2.73. The Morgan fingerprint density at radius 3 is 2.93 bits per heavy atom. The number of aromatic nitrogens is 2. The van der Waals surface area contributed by atoms with Crippen molar-refractivity contribution in [3.63, 3.8) is 0 Å². The lowest BCUT2D eigenvalue weighted by Gasteiger charge is -2.05. The maximum absolute atomic E-state index is 11.6. The molecular formula is C11H11N3O. The molecule has 1 aromatic heterocycles. The fourth-order valence-electron chi connectivity index (χ4n) is 1.37. The number of benzene rings is 1. The summed E-state index contributed by atoms with van der Waals surface area (Å²) in [5.74, 6) is 0.439. The van der Waals surface area contributed by atoms with Crippen molar-refractivity contribution < 1.29 is 0 Å². The highest BCUT2D eigenvalue weighted by Gasteiger charge is 2.07. The normalized spacial score (nSPS) is 12.6. The summed E-state index contributed by atoms with van der Waals surface area (Å²) < 4.78 is 0. The Kier molecular flexibility index (Phi) is 2.35. The van der Waals surface area contributed by atoms with Crippen LogP contribution in [0.2, 0.25) is 0 Å². The fraction of sp³-hybridized carbons (Fsp3) is 0.0909. The molecule has 2 rings (SSSR count). The Hall–Kier alpha value is -1.94. The molecule has 76 valence electrons. The SMILES string of the molecule is C=CC(N)c1nc2ccccc2c(=O)[nH]1. The number of rotatable bonds is 2. The lowest BCUT2D eigenvalue weighted by Crippen LogP contribution is -2.18. The highest BCUT2D eigenvalue weighted by atomic mass is 16.1. The Morgan fingerprint density at radius 1 is 1.47 bits per heavy atom. The molecule has 4 heteroatoms. The first-order chi connectivity index (χ1) is 7.22. The van der Waals surface area contributed by atoms with Crippen molar-refractivity contribution in [2.45, 2.75) is 6.04 Å². The van der Waals surface area contributed by atoms with Crippen molar-refractivity contribution in [1.82, 2.24) is 9.97 Å². The molecule has 0 aliphatic carbocycles. The summed E-state index contributed by atoms with van der Waals surface area (Å²) in [5, 5.41) is 0.567. The van der Waals surface area contributed by atoms with E-state index >= 15 is 0 Å². The number of H-pyrrole nitrogens is 1. The molecule has 0 amide bonds. The van der Waals surface area contributed by atoms with Crippen LogP contribution < -0.4 is 11.3 Å². The van der Waals surface area contributed by atoms with Crippen LogP contribution in [-0.2, 0) is 0 Å². The van der Waals surface area contributed by atoms with E-state index in [1.165, 1.54) is 6.08 Å². The first-order valence-corrected chi connectivity index (χ1v) is 4.59. The van der Waals surface area contributed by atoms with E-state index < -0.39 is 6.04 Å². The number of para-hydroxylation sites is 1. The van der Waals surface area contributed by atoms with Crippen molar-refractivity contribution in [3.8, 4) is 0 Å². The predicted molar refractivity (Wildman–Crippen MR) is 59.5 cm³/mol. The molecule has 15 heavy (non-hydrogen) atoms. The van der Waals surface area contributed by atoms with Gasteiger partial charge in [0.25, 0.3) is 5.56 Å². The Labute approximate surface area is 86.5 Å². The summed E-state index contributed by atoms with van der Waals surface area (Å²) in [7, 11) is 0. The maximum Gasteiger partial charge on any atom is 0.258 e. The summed E-state index contributed by atoms with van der Waals surface area (Å²) in [5.41, 5.74) is 6.18. The first kappa shape index (κ1) is 9.61. The number of aromatic amines is 1. The van der Waals surface area contributed by atoms with Gasteiger partial charge in [-0.15, -0.1) is 6.58 Å². The average Bonchev–Trinajstić information content (AvgIpc) is 2.28. The van der Waals surface area contributed by atoms with Crippen LogP contribution in [0.4, 0.5) is 0 Å². The minimum atomic E-state index is -0.442. The van der Waals surface area contributed by atoms with E-state index in [1.54, 1.807) is 18.2 Å². The minimum absolute atomic E-state index is 0.173. The van der Waals surface area contributed by atoms with Gasteiger partial charge >= 0.3 is 0 Å². The third-order valence-corrected chi connectivity index (χ3v) is 2.20. The lowest BCUT2D eigenvalue weighted by molar-refractivity contribution is 0.812. The molecule has 1 heterocycles. The van der Waals surface area contributed by atoms with E-state index in [2.05, 4.69) is 16.5 Å². The molecule has 0 bridgehead atoms. The molecule has 0 saturated carbocycles. The van der Waals surface area contributed by atoms with Gasteiger partial charge in [-0.05, 0) is 12.1 Å². The van der Waals surface area contributed by atoms with Gasteiger partial charge in [-0.3, -0.25) is 4.79 Å². The van der Waals surface area contributed by atoms with Crippen molar-refractivity contribution in [2.75, 3.05) is 0 Å². The van der Waals surface area contributed by atoms with E-state index in [-0.39, 0.29) is 5.56 Å². The standard InChI is InChI=1S/C11H11N3O/c1-2-8(12)10-13-9-6-4-3-5-7(9)11(15)14-10/h2-6,8H,1,12H2,(H,13,14,15). The molecule has 0 radical (unpaired) electrons. The molecule has 1 aromatic carbocycles. The van der Waals surface area contributed by atoms with E-state index in [9.17, 15) is 4.79 Å². The molecular weight excluding hydrogens is 190 g/mol. The van der Waals surface area contributed by atoms with Crippen LogP contribution in [0.3, 0.4) is 0 Å². The smallest absolute Gasteiger partial charge is 0.258 e. The summed E-state index contributed by atoms with van der Waals surface area (Å²) in [4.78, 5) is 18.5. The molecule has 4 nitrogen and oxygen atoms in total. The Bertz CT molecular complexity index is 559. The molecule has 0 aliphatic heterocycles. The van der Waals surface area contributed by atoms with E-state index in [0.29, 0.717) is 16.7 Å². The topological polar surface area (TPSA) is 71.8 Å². The molecule has 3 N–H and O–H groups in total. The fourth-order valence-corrected chi connectivity index (χ4v) is 1.37. The van der Waals surface area contributed by atoms with E-state index in [0.717, 1.165) is 0 Å². The predicted octanol–water partition coefficient (Wildman–Crippen LogP) is 1.11. The van der Waals surface area contributed by atoms with Crippen LogP contribution in [0.15, 0.2) is 41.7 Å². The van der Waals surface area contributed by atoms with Crippen LogP contribution in [0.5, 0.6) is 0 Å². The first-order valence-electron chi connectivity index (χ1n) is 4.59. The zero-order valence-electron chi connectivity index (χ0n) is 8.10. The lowest BCUT2D eigenvalue weighted by atomic mass is 10.2. The van der Waals surface area contributed by atoms with Gasteiger partial charge in [-0.25, -0.2) is 4.98 Å². The van der Waals surface area contributed by atoms with Crippen LogP contribution >= 0.6 is 0 Å². The quantitative estimate of drug-likeness (QED) is 0.715. The number of hydrogen-bond acceptors (Lipinski definition) is 3. The zero-order chi connectivity index (χ0) is 10.8. The van der Waals surface area contributed by atoms with Crippen molar-refractivity contribution >= 4 is 10.9 Å². The second-order valence-electron chi connectivity index (χ2n) is 3.23. The molecule has 0 spiro atoms. The molecule has 0 fully saturated rings.